The molecular formula is C11H8O4. The van der Waals surface area contributed by atoms with E-state index in [2.05, 4.69) is 0 Å². The zero-order valence-corrected chi connectivity index (χ0v) is 8.02. The molecule has 0 bridgehead atoms. The van der Waals surface area contributed by atoms with Crippen molar-refractivity contribution in [2.24, 2.45) is 0 Å². The van der Waals surface area contributed by atoms with Gasteiger partial charge in [0.15, 0.2) is 6.10 Å². The minimum Gasteiger partial charge on any atom is -0.424 e. The van der Waals surface area contributed by atoms with E-state index in [1.54, 1.807) is 24.2 Å². The van der Waals surface area contributed by atoms with Crippen LogP contribution in [0.5, 0.6) is 5.75 Å². The predicted octanol–water partition coefficient (Wildman–Crippen LogP) is -1.10. The summed E-state index contributed by atoms with van der Waals surface area (Å²) in [6.45, 7) is 0. The van der Waals surface area contributed by atoms with Gasteiger partial charge in [0.2, 0.25) is 0 Å². The van der Waals surface area contributed by atoms with Gasteiger partial charge in [0, 0.05) is 12.3 Å². The SMILES string of the molecule is COC1C=c2ccc(=C=O)cc2OC1=O. The number of hydrogen-bond donors (Lipinski definition) is 0. The number of carbonyl (C=O) groups is 1. The molecule has 76 valence electrons. The van der Waals surface area contributed by atoms with Gasteiger partial charge in [-0.3, -0.25) is 0 Å². The van der Waals surface area contributed by atoms with Crippen molar-refractivity contribution >= 4 is 18.0 Å². The summed E-state index contributed by atoms with van der Waals surface area (Å²) >= 11 is 0. The maximum Gasteiger partial charge on any atom is 0.344 e. The van der Waals surface area contributed by atoms with Crippen molar-refractivity contribution in [3.63, 3.8) is 0 Å². The summed E-state index contributed by atoms with van der Waals surface area (Å²) in [5.41, 5.74) is 0. The van der Waals surface area contributed by atoms with Crippen LogP contribution in [0.15, 0.2) is 18.2 Å². The summed E-state index contributed by atoms with van der Waals surface area (Å²) in [6, 6.07) is 4.77. The molecule has 0 aromatic heterocycles. The maximum absolute atomic E-state index is 11.3. The third-order valence-corrected chi connectivity index (χ3v) is 2.16. The molecule has 0 fully saturated rings. The van der Waals surface area contributed by atoms with Gasteiger partial charge < -0.3 is 9.47 Å². The topological polar surface area (TPSA) is 52.6 Å². The number of ether oxygens (including phenoxy) is 2. The second-order valence-corrected chi connectivity index (χ2v) is 3.10. The monoisotopic (exact) mass is 204 g/mol. The van der Waals surface area contributed by atoms with Crippen LogP contribution in [0.25, 0.3) is 6.08 Å². The Labute approximate surface area is 85.4 Å². The average molecular weight is 204 g/mol. The van der Waals surface area contributed by atoms with Crippen molar-refractivity contribution in [1.29, 1.82) is 0 Å². The molecule has 4 heteroatoms. The first-order valence-electron chi connectivity index (χ1n) is 4.36. The van der Waals surface area contributed by atoms with Gasteiger partial charge in [0.1, 0.15) is 11.7 Å². The van der Waals surface area contributed by atoms with Gasteiger partial charge >= 0.3 is 5.97 Å². The molecule has 4 nitrogen and oxygen atoms in total. The van der Waals surface area contributed by atoms with Crippen LogP contribution >= 0.6 is 0 Å². The molecule has 1 unspecified atom stereocenters. The van der Waals surface area contributed by atoms with Crippen molar-refractivity contribution < 1.29 is 19.1 Å². The van der Waals surface area contributed by atoms with E-state index in [1.807, 2.05) is 0 Å². The highest BCUT2D eigenvalue weighted by Gasteiger charge is 2.22. The molecule has 0 aliphatic carbocycles. The summed E-state index contributed by atoms with van der Waals surface area (Å²) in [5.74, 6) is 1.62. The van der Waals surface area contributed by atoms with Gasteiger partial charge in [-0.05, 0) is 18.2 Å². The normalized spacial score (nSPS) is 18.5. The van der Waals surface area contributed by atoms with Gasteiger partial charge in [-0.2, -0.15) is 0 Å². The lowest BCUT2D eigenvalue weighted by atomic mass is 10.1. The summed E-state index contributed by atoms with van der Waals surface area (Å²) in [6.07, 6.45) is 0.971. The van der Waals surface area contributed by atoms with E-state index in [-0.39, 0.29) is 0 Å². The lowest BCUT2D eigenvalue weighted by Crippen LogP contribution is -2.34. The minimum absolute atomic E-state index is 0.353. The lowest BCUT2D eigenvalue weighted by molar-refractivity contribution is -0.142. The van der Waals surface area contributed by atoms with Crippen LogP contribution in [0.3, 0.4) is 0 Å². The van der Waals surface area contributed by atoms with Gasteiger partial charge in [-0.1, -0.05) is 6.07 Å². The van der Waals surface area contributed by atoms with E-state index in [1.165, 1.54) is 13.2 Å². The molecule has 15 heavy (non-hydrogen) atoms. The highest BCUT2D eigenvalue weighted by atomic mass is 16.6. The van der Waals surface area contributed by atoms with Gasteiger partial charge in [0.05, 0.1) is 5.22 Å². The lowest BCUT2D eigenvalue weighted by Gasteiger charge is -2.15. The third-order valence-electron chi connectivity index (χ3n) is 2.16. The van der Waals surface area contributed by atoms with Crippen LogP contribution in [0.1, 0.15) is 0 Å². The van der Waals surface area contributed by atoms with E-state index in [0.717, 1.165) is 5.22 Å². The number of rotatable bonds is 1. The van der Waals surface area contributed by atoms with Crippen molar-refractivity contribution in [2.75, 3.05) is 7.11 Å². The maximum atomic E-state index is 11.3. The largest absolute Gasteiger partial charge is 0.424 e. The standard InChI is InChI=1S/C11H8O4/c1-14-10-5-8-3-2-7(6-12)4-9(8)15-11(10)13/h2-5,10H,1H3. The van der Waals surface area contributed by atoms with Gasteiger partial charge in [0.25, 0.3) is 0 Å². The summed E-state index contributed by atoms with van der Waals surface area (Å²) in [5, 5.41) is 1.09. The third kappa shape index (κ3) is 1.68. The van der Waals surface area contributed by atoms with E-state index in [0.29, 0.717) is 11.0 Å². The smallest absolute Gasteiger partial charge is 0.344 e. The van der Waals surface area contributed by atoms with Crippen LogP contribution in [-0.2, 0) is 14.3 Å². The summed E-state index contributed by atoms with van der Waals surface area (Å²) in [7, 11) is 1.43. The number of esters is 1. The fraction of sp³-hybridized carbons (Fsp3) is 0.182. The summed E-state index contributed by atoms with van der Waals surface area (Å²) in [4.78, 5) is 21.7. The van der Waals surface area contributed by atoms with E-state index < -0.39 is 12.1 Å². The van der Waals surface area contributed by atoms with Crippen molar-refractivity contribution in [1.82, 2.24) is 0 Å². The molecule has 1 aliphatic rings. The zero-order chi connectivity index (χ0) is 10.8. The molecular weight excluding hydrogens is 196 g/mol. The average Bonchev–Trinajstić information content (AvgIpc) is 2.27. The van der Waals surface area contributed by atoms with Crippen LogP contribution in [0, 0.1) is 0 Å². The Morgan fingerprint density at radius 2 is 2.27 bits per heavy atom. The molecule has 1 aromatic carbocycles. The van der Waals surface area contributed by atoms with Crippen molar-refractivity contribution in [3.05, 3.63) is 28.6 Å². The second kappa shape index (κ2) is 3.69. The zero-order valence-electron chi connectivity index (χ0n) is 8.02. The second-order valence-electron chi connectivity index (χ2n) is 3.10. The minimum atomic E-state index is -0.677. The molecule has 1 aromatic rings. The molecule has 0 saturated carbocycles. The molecule has 2 rings (SSSR count). The van der Waals surface area contributed by atoms with Crippen LogP contribution in [0.2, 0.25) is 0 Å². The molecule has 0 N–H and O–H groups in total. The summed E-state index contributed by atoms with van der Waals surface area (Å²) < 4.78 is 9.91. The Kier molecular flexibility index (Phi) is 2.37. The predicted molar refractivity (Wildman–Crippen MR) is 51.4 cm³/mol. The Morgan fingerprint density at radius 3 is 2.93 bits per heavy atom. The Bertz CT molecular complexity index is 540. The van der Waals surface area contributed by atoms with Crippen LogP contribution in [-0.4, -0.2) is 25.1 Å². The number of carbonyl (C=O) groups excluding carboxylic acids is 2. The number of hydrogen-bond acceptors (Lipinski definition) is 4. The van der Waals surface area contributed by atoms with E-state index >= 15 is 0 Å². The Balaban J connectivity index is 2.62. The quantitative estimate of drug-likeness (QED) is 0.430. The number of benzene rings is 1. The first kappa shape index (κ1) is 9.65. The van der Waals surface area contributed by atoms with Crippen LogP contribution in [0.4, 0.5) is 0 Å². The molecule has 0 amide bonds. The van der Waals surface area contributed by atoms with Crippen molar-refractivity contribution in [3.8, 4) is 5.75 Å². The van der Waals surface area contributed by atoms with E-state index in [9.17, 15) is 9.59 Å². The fourth-order valence-corrected chi connectivity index (χ4v) is 1.39. The molecule has 0 spiro atoms. The Hall–Kier alpha value is -1.90. The van der Waals surface area contributed by atoms with Crippen LogP contribution < -0.4 is 15.2 Å². The highest BCUT2D eigenvalue weighted by Crippen LogP contribution is 2.08. The molecule has 0 saturated heterocycles. The molecule has 0 radical (unpaired) electrons. The fourth-order valence-electron chi connectivity index (χ4n) is 1.39. The number of fused-ring (bicyclic) bond motifs is 1. The molecule has 1 atom stereocenters. The first-order valence-corrected chi connectivity index (χ1v) is 4.36. The van der Waals surface area contributed by atoms with Gasteiger partial charge in [-0.15, -0.1) is 0 Å². The molecule has 1 aliphatic heterocycles. The van der Waals surface area contributed by atoms with Gasteiger partial charge in [-0.25, -0.2) is 9.59 Å². The number of methoxy groups -OCH3 is 1. The first-order chi connectivity index (χ1) is 7.24. The highest BCUT2D eigenvalue weighted by molar-refractivity contribution is 5.86. The molecule has 1 heterocycles. The Morgan fingerprint density at radius 1 is 1.47 bits per heavy atom. The van der Waals surface area contributed by atoms with E-state index in [4.69, 9.17) is 9.47 Å². The van der Waals surface area contributed by atoms with Crippen molar-refractivity contribution in [2.45, 2.75) is 6.10 Å².